The van der Waals surface area contributed by atoms with Crippen LogP contribution in [0.1, 0.15) is 44.9 Å². The van der Waals surface area contributed by atoms with Gasteiger partial charge in [-0.3, -0.25) is 5.10 Å². The van der Waals surface area contributed by atoms with Crippen LogP contribution >= 0.6 is 0 Å². The molecule has 24 heavy (non-hydrogen) atoms. The summed E-state index contributed by atoms with van der Waals surface area (Å²) >= 11 is 0. The van der Waals surface area contributed by atoms with E-state index in [1.54, 1.807) is 0 Å². The number of amides is 2. The predicted molar refractivity (Wildman–Crippen MR) is 97.1 cm³/mol. The maximum absolute atomic E-state index is 11.8. The number of nitrogens with zero attached hydrogens (tertiary/aromatic N) is 1. The van der Waals surface area contributed by atoms with Crippen molar-refractivity contribution in [1.29, 1.82) is 0 Å². The number of hydrogen-bond donors (Lipinski definition) is 3. The number of nitrogens with one attached hydrogen (secondary N) is 3. The molecule has 0 unspecified atom stereocenters. The summed E-state index contributed by atoms with van der Waals surface area (Å²) in [4.78, 5) is 11.8. The van der Waals surface area contributed by atoms with E-state index in [1.807, 2.05) is 31.2 Å². The lowest BCUT2D eigenvalue weighted by Gasteiger charge is -2.29. The summed E-state index contributed by atoms with van der Waals surface area (Å²) in [5.41, 5.74) is 5.74. The minimum Gasteiger partial charge on any atom is -0.338 e. The molecule has 5 nitrogen and oxygen atoms in total. The van der Waals surface area contributed by atoms with Gasteiger partial charge in [-0.25, -0.2) is 4.79 Å². The molecular weight excluding hydrogens is 300 g/mol. The van der Waals surface area contributed by atoms with E-state index in [4.69, 9.17) is 0 Å². The lowest BCUT2D eigenvalue weighted by Crippen LogP contribution is -2.29. The largest absolute Gasteiger partial charge is 0.338 e. The molecule has 1 heterocycles. The molecule has 5 heteroatoms. The van der Waals surface area contributed by atoms with E-state index >= 15 is 0 Å². The lowest BCUT2D eigenvalue weighted by atomic mass is 9.76. The van der Waals surface area contributed by atoms with Crippen molar-refractivity contribution < 1.29 is 4.79 Å². The molecule has 128 valence electrons. The van der Waals surface area contributed by atoms with E-state index < -0.39 is 0 Å². The van der Waals surface area contributed by atoms with Gasteiger partial charge in [0.25, 0.3) is 0 Å². The van der Waals surface area contributed by atoms with E-state index in [0.717, 1.165) is 36.2 Å². The normalized spacial score (nSPS) is 15.6. The Hall–Kier alpha value is -2.30. The molecule has 2 amide bonds. The molecule has 1 aromatic carbocycles. The van der Waals surface area contributed by atoms with Gasteiger partial charge in [-0.2, -0.15) is 5.10 Å². The minimum atomic E-state index is -0.167. The van der Waals surface area contributed by atoms with Crippen LogP contribution in [0.3, 0.4) is 0 Å². The van der Waals surface area contributed by atoms with Crippen LogP contribution in [0.2, 0.25) is 0 Å². The Balaban J connectivity index is 1.80. The maximum atomic E-state index is 11.8. The number of aromatic nitrogens is 2. The van der Waals surface area contributed by atoms with Crippen LogP contribution in [0.4, 0.5) is 10.5 Å². The number of rotatable bonds is 4. The van der Waals surface area contributed by atoms with Crippen molar-refractivity contribution in [2.45, 2.75) is 46.5 Å². The van der Waals surface area contributed by atoms with Gasteiger partial charge in [0, 0.05) is 29.1 Å². The van der Waals surface area contributed by atoms with Crippen molar-refractivity contribution in [1.82, 2.24) is 15.5 Å². The van der Waals surface area contributed by atoms with Crippen molar-refractivity contribution in [2.24, 2.45) is 5.41 Å². The summed E-state index contributed by atoms with van der Waals surface area (Å²) in [6.45, 7) is 7.31. The summed E-state index contributed by atoms with van der Waals surface area (Å²) in [7, 11) is 0. The first-order valence-electron chi connectivity index (χ1n) is 8.70. The minimum absolute atomic E-state index is 0.167. The number of aromatic amines is 1. The molecule has 0 radical (unpaired) electrons. The number of hydrogen-bond acceptors (Lipinski definition) is 2. The Labute approximate surface area is 143 Å². The van der Waals surface area contributed by atoms with Gasteiger partial charge in [0.2, 0.25) is 0 Å². The van der Waals surface area contributed by atoms with Gasteiger partial charge >= 0.3 is 6.03 Å². The number of H-pyrrole nitrogens is 1. The zero-order valence-electron chi connectivity index (χ0n) is 14.7. The fourth-order valence-corrected chi connectivity index (χ4v) is 3.24. The average Bonchev–Trinajstić information content (AvgIpc) is 2.94. The second kappa shape index (κ2) is 6.67. The highest BCUT2D eigenvalue weighted by Crippen LogP contribution is 2.38. The molecule has 1 aliphatic rings. The number of carbonyl (C=O) groups excluding carboxylic acids is 1. The summed E-state index contributed by atoms with van der Waals surface area (Å²) in [6.07, 6.45) is 4.17. The van der Waals surface area contributed by atoms with Crippen molar-refractivity contribution in [3.63, 3.8) is 0 Å². The molecular formula is C19H26N4O. The molecule has 0 aliphatic heterocycles. The van der Waals surface area contributed by atoms with Crippen LogP contribution in [-0.4, -0.2) is 22.8 Å². The molecule has 0 bridgehead atoms. The Morgan fingerprint density at radius 2 is 2.21 bits per heavy atom. The quantitative estimate of drug-likeness (QED) is 0.791. The predicted octanol–water partition coefficient (Wildman–Crippen LogP) is 4.12. The van der Waals surface area contributed by atoms with Crippen LogP contribution in [0, 0.1) is 5.41 Å². The molecule has 1 aromatic heterocycles. The Kier molecular flexibility index (Phi) is 4.60. The molecule has 1 aliphatic carbocycles. The van der Waals surface area contributed by atoms with Gasteiger partial charge in [-0.05, 0) is 43.2 Å². The molecule has 2 aromatic rings. The topological polar surface area (TPSA) is 69.8 Å². The number of carbonyl (C=O) groups is 1. The van der Waals surface area contributed by atoms with E-state index in [2.05, 4.69) is 34.7 Å². The van der Waals surface area contributed by atoms with E-state index in [1.165, 1.54) is 17.7 Å². The Bertz CT molecular complexity index is 733. The Morgan fingerprint density at radius 3 is 3.00 bits per heavy atom. The van der Waals surface area contributed by atoms with Gasteiger partial charge < -0.3 is 10.6 Å². The number of benzene rings is 1. The monoisotopic (exact) mass is 326 g/mol. The Morgan fingerprint density at radius 1 is 1.38 bits per heavy atom. The van der Waals surface area contributed by atoms with Crippen LogP contribution in [-0.2, 0) is 12.8 Å². The van der Waals surface area contributed by atoms with Crippen LogP contribution in [0.15, 0.2) is 24.3 Å². The molecule has 0 saturated heterocycles. The van der Waals surface area contributed by atoms with Crippen molar-refractivity contribution >= 4 is 11.7 Å². The van der Waals surface area contributed by atoms with Crippen molar-refractivity contribution in [3.05, 3.63) is 35.5 Å². The van der Waals surface area contributed by atoms with Crippen molar-refractivity contribution in [3.8, 4) is 11.3 Å². The third-order valence-electron chi connectivity index (χ3n) is 4.59. The highest BCUT2D eigenvalue weighted by molar-refractivity contribution is 5.90. The van der Waals surface area contributed by atoms with Gasteiger partial charge in [-0.1, -0.05) is 32.9 Å². The number of urea groups is 1. The van der Waals surface area contributed by atoms with Crippen LogP contribution in [0.25, 0.3) is 11.3 Å². The van der Waals surface area contributed by atoms with E-state index in [9.17, 15) is 4.79 Å². The average molecular weight is 326 g/mol. The van der Waals surface area contributed by atoms with Gasteiger partial charge in [-0.15, -0.1) is 0 Å². The third kappa shape index (κ3) is 3.61. The van der Waals surface area contributed by atoms with Crippen LogP contribution < -0.4 is 10.6 Å². The smallest absolute Gasteiger partial charge is 0.319 e. The molecule has 3 N–H and O–H groups in total. The molecule has 0 fully saturated rings. The summed E-state index contributed by atoms with van der Waals surface area (Å²) in [5.74, 6) is 0. The van der Waals surface area contributed by atoms with Gasteiger partial charge in [0.05, 0.1) is 5.69 Å². The summed E-state index contributed by atoms with van der Waals surface area (Å²) < 4.78 is 0. The second-order valence-electron chi connectivity index (χ2n) is 7.33. The molecule has 0 saturated carbocycles. The molecule has 0 atom stereocenters. The zero-order valence-corrected chi connectivity index (χ0v) is 14.7. The fourth-order valence-electron chi connectivity index (χ4n) is 3.24. The van der Waals surface area contributed by atoms with Crippen LogP contribution in [0.5, 0.6) is 0 Å². The lowest BCUT2D eigenvalue weighted by molar-refractivity contribution is 0.252. The number of anilines is 1. The number of fused-ring (bicyclic) bond motifs is 1. The first kappa shape index (κ1) is 16.6. The molecule has 3 rings (SSSR count). The van der Waals surface area contributed by atoms with Gasteiger partial charge in [0.1, 0.15) is 0 Å². The fraction of sp³-hybridized carbons (Fsp3) is 0.474. The van der Waals surface area contributed by atoms with Gasteiger partial charge in [0.15, 0.2) is 0 Å². The highest BCUT2D eigenvalue weighted by Gasteiger charge is 2.29. The zero-order chi connectivity index (χ0) is 17.2. The third-order valence-corrected chi connectivity index (χ3v) is 4.59. The first-order chi connectivity index (χ1) is 11.5. The van der Waals surface area contributed by atoms with Crippen molar-refractivity contribution in [2.75, 3.05) is 11.9 Å². The first-order valence-corrected chi connectivity index (χ1v) is 8.70. The SMILES string of the molecule is CCCNC(=O)Nc1cccc(-c2n[nH]c3c2CCC(C)(C)C3)c1. The maximum Gasteiger partial charge on any atom is 0.319 e. The van der Waals surface area contributed by atoms with E-state index in [0.29, 0.717) is 12.0 Å². The standard InChI is InChI=1S/C19H26N4O/c1-4-10-20-18(24)21-14-7-5-6-13(11-14)17-15-8-9-19(2,3)12-16(15)22-23-17/h5-7,11H,4,8-10,12H2,1-3H3,(H,22,23)(H2,20,21,24). The van der Waals surface area contributed by atoms with E-state index in [-0.39, 0.29) is 6.03 Å². The summed E-state index contributed by atoms with van der Waals surface area (Å²) in [6, 6.07) is 7.72. The highest BCUT2D eigenvalue weighted by atomic mass is 16.2. The molecule has 0 spiro atoms. The summed E-state index contributed by atoms with van der Waals surface area (Å²) in [5, 5.41) is 13.5. The second-order valence-corrected chi connectivity index (χ2v) is 7.33.